The Morgan fingerprint density at radius 2 is 2.20 bits per heavy atom. The first-order valence-corrected chi connectivity index (χ1v) is 3.75. The molecule has 0 aliphatic heterocycles. The summed E-state index contributed by atoms with van der Waals surface area (Å²) in [6.45, 7) is 0. The summed E-state index contributed by atoms with van der Waals surface area (Å²) >= 11 is 0. The van der Waals surface area contributed by atoms with E-state index in [4.69, 9.17) is 5.73 Å². The fourth-order valence-electron chi connectivity index (χ4n) is 2.11. The minimum absolute atomic E-state index is 0.114. The van der Waals surface area contributed by atoms with Crippen LogP contribution in [0.5, 0.6) is 0 Å². The topological polar surface area (TPSA) is 43.1 Å². The van der Waals surface area contributed by atoms with Crippen molar-refractivity contribution in [2.45, 2.75) is 12.8 Å². The lowest BCUT2D eigenvalue weighted by Gasteiger charge is -2.12. The summed E-state index contributed by atoms with van der Waals surface area (Å²) < 4.78 is 0. The Labute approximate surface area is 60.1 Å². The van der Waals surface area contributed by atoms with Crippen LogP contribution in [0.1, 0.15) is 12.8 Å². The van der Waals surface area contributed by atoms with Gasteiger partial charge in [-0.3, -0.25) is 4.79 Å². The molecule has 54 valence electrons. The number of carbonyl (C=O) groups is 1. The van der Waals surface area contributed by atoms with Crippen molar-refractivity contribution < 1.29 is 4.79 Å². The second kappa shape index (κ2) is 1.84. The van der Waals surface area contributed by atoms with E-state index in [9.17, 15) is 4.79 Å². The van der Waals surface area contributed by atoms with Gasteiger partial charge < -0.3 is 5.73 Å². The molecule has 2 N–H and O–H groups in total. The van der Waals surface area contributed by atoms with Crippen LogP contribution in [0.25, 0.3) is 0 Å². The molecule has 0 aromatic heterocycles. The van der Waals surface area contributed by atoms with Gasteiger partial charge in [-0.05, 0) is 24.7 Å². The Bertz CT molecular complexity index is 197. The average molecular weight is 137 g/mol. The van der Waals surface area contributed by atoms with Gasteiger partial charge >= 0.3 is 0 Å². The highest BCUT2D eigenvalue weighted by Crippen LogP contribution is 2.42. The fourth-order valence-corrected chi connectivity index (χ4v) is 2.11. The number of nitrogens with two attached hydrogens (primary N) is 1. The van der Waals surface area contributed by atoms with Crippen molar-refractivity contribution in [3.8, 4) is 0 Å². The SMILES string of the molecule is NC(=O)[C@H]1C[C@@H]2C=C[C@@H]1C2. The quantitative estimate of drug-likeness (QED) is 0.531. The molecule has 2 bridgehead atoms. The van der Waals surface area contributed by atoms with Gasteiger partial charge in [0.1, 0.15) is 0 Å². The van der Waals surface area contributed by atoms with E-state index in [0.29, 0.717) is 11.8 Å². The molecule has 0 spiro atoms. The van der Waals surface area contributed by atoms with Gasteiger partial charge in [0.25, 0.3) is 0 Å². The molecule has 2 nitrogen and oxygen atoms in total. The van der Waals surface area contributed by atoms with Gasteiger partial charge in [0.15, 0.2) is 0 Å². The van der Waals surface area contributed by atoms with Gasteiger partial charge in [0, 0.05) is 5.92 Å². The number of allylic oxidation sites excluding steroid dienone is 2. The van der Waals surface area contributed by atoms with Crippen molar-refractivity contribution >= 4 is 5.91 Å². The van der Waals surface area contributed by atoms with E-state index in [1.165, 1.54) is 0 Å². The molecule has 10 heavy (non-hydrogen) atoms. The zero-order valence-corrected chi connectivity index (χ0v) is 5.79. The van der Waals surface area contributed by atoms with E-state index in [1.54, 1.807) is 0 Å². The number of amides is 1. The van der Waals surface area contributed by atoms with E-state index in [0.717, 1.165) is 12.8 Å². The molecule has 0 saturated heterocycles. The minimum Gasteiger partial charge on any atom is -0.369 e. The first-order valence-electron chi connectivity index (χ1n) is 3.75. The van der Waals surface area contributed by atoms with Crippen LogP contribution in [0, 0.1) is 17.8 Å². The first-order chi connectivity index (χ1) is 4.77. The lowest BCUT2D eigenvalue weighted by Crippen LogP contribution is -2.26. The molecule has 3 atom stereocenters. The molecule has 1 fully saturated rings. The second-order valence-electron chi connectivity index (χ2n) is 3.29. The Balaban J connectivity index is 2.16. The third-order valence-electron chi connectivity index (χ3n) is 2.64. The Kier molecular flexibility index (Phi) is 1.10. The number of fused-ring (bicyclic) bond motifs is 2. The van der Waals surface area contributed by atoms with E-state index < -0.39 is 0 Å². The molecule has 2 rings (SSSR count). The maximum absolute atomic E-state index is 10.8. The molecular weight excluding hydrogens is 126 g/mol. The second-order valence-corrected chi connectivity index (χ2v) is 3.29. The van der Waals surface area contributed by atoms with Gasteiger partial charge in [0.2, 0.25) is 5.91 Å². The van der Waals surface area contributed by atoms with Crippen LogP contribution in [0.15, 0.2) is 12.2 Å². The van der Waals surface area contributed by atoms with Gasteiger partial charge in [-0.1, -0.05) is 12.2 Å². The number of primary amides is 1. The summed E-state index contributed by atoms with van der Waals surface area (Å²) in [6.07, 6.45) is 6.51. The number of rotatable bonds is 1. The molecule has 1 amide bonds. The molecule has 1 saturated carbocycles. The summed E-state index contributed by atoms with van der Waals surface area (Å²) in [7, 11) is 0. The Hall–Kier alpha value is -0.790. The molecule has 2 heteroatoms. The molecule has 2 aliphatic carbocycles. The van der Waals surface area contributed by atoms with Crippen molar-refractivity contribution in [2.24, 2.45) is 23.5 Å². The van der Waals surface area contributed by atoms with Crippen LogP contribution >= 0.6 is 0 Å². The first kappa shape index (κ1) is 5.96. The molecular formula is C8H11NO. The van der Waals surface area contributed by atoms with Crippen LogP contribution in [0.2, 0.25) is 0 Å². The summed E-state index contributed by atoms with van der Waals surface area (Å²) in [5, 5.41) is 0. The van der Waals surface area contributed by atoms with Crippen LogP contribution in [0.4, 0.5) is 0 Å². The van der Waals surface area contributed by atoms with E-state index in [2.05, 4.69) is 12.2 Å². The highest BCUT2D eigenvalue weighted by molar-refractivity contribution is 5.78. The van der Waals surface area contributed by atoms with Crippen LogP contribution in [0.3, 0.4) is 0 Å². The number of hydrogen-bond donors (Lipinski definition) is 1. The zero-order chi connectivity index (χ0) is 7.14. The van der Waals surface area contributed by atoms with Crippen molar-refractivity contribution in [3.05, 3.63) is 12.2 Å². The molecule has 0 radical (unpaired) electrons. The van der Waals surface area contributed by atoms with Gasteiger partial charge in [0.05, 0.1) is 0 Å². The predicted octanol–water partition coefficient (Wildman–Crippen LogP) is 0.684. The van der Waals surface area contributed by atoms with Gasteiger partial charge in [-0.15, -0.1) is 0 Å². The van der Waals surface area contributed by atoms with Crippen LogP contribution in [-0.2, 0) is 4.79 Å². The number of hydrogen-bond acceptors (Lipinski definition) is 1. The summed E-state index contributed by atoms with van der Waals surface area (Å²) in [6, 6.07) is 0. The van der Waals surface area contributed by atoms with E-state index in [1.807, 2.05) is 0 Å². The summed E-state index contributed by atoms with van der Waals surface area (Å²) in [5.74, 6) is 1.16. The van der Waals surface area contributed by atoms with Crippen molar-refractivity contribution in [1.29, 1.82) is 0 Å². The van der Waals surface area contributed by atoms with Crippen molar-refractivity contribution in [2.75, 3.05) is 0 Å². The number of carbonyl (C=O) groups excluding carboxylic acids is 1. The third kappa shape index (κ3) is 0.681. The fraction of sp³-hybridized carbons (Fsp3) is 0.625. The predicted molar refractivity (Wildman–Crippen MR) is 38.0 cm³/mol. The molecule has 0 heterocycles. The lowest BCUT2D eigenvalue weighted by atomic mass is 9.93. The van der Waals surface area contributed by atoms with Gasteiger partial charge in [-0.25, -0.2) is 0 Å². The largest absolute Gasteiger partial charge is 0.369 e. The van der Waals surface area contributed by atoms with Gasteiger partial charge in [-0.2, -0.15) is 0 Å². The highest BCUT2D eigenvalue weighted by atomic mass is 16.1. The molecule has 0 aromatic rings. The summed E-state index contributed by atoms with van der Waals surface area (Å²) in [4.78, 5) is 10.8. The smallest absolute Gasteiger partial charge is 0.221 e. The summed E-state index contributed by atoms with van der Waals surface area (Å²) in [5.41, 5.74) is 5.21. The normalized spacial score (nSPS) is 42.6. The molecule has 0 unspecified atom stereocenters. The van der Waals surface area contributed by atoms with E-state index in [-0.39, 0.29) is 11.8 Å². The van der Waals surface area contributed by atoms with E-state index >= 15 is 0 Å². The standard InChI is InChI=1S/C8H11NO/c9-8(10)7-4-5-1-2-6(7)3-5/h1-2,5-7H,3-4H2,(H2,9,10)/t5-,6-,7+/m1/s1. The van der Waals surface area contributed by atoms with Crippen LogP contribution < -0.4 is 5.73 Å². The molecule has 2 aliphatic rings. The van der Waals surface area contributed by atoms with Crippen LogP contribution in [-0.4, -0.2) is 5.91 Å². The van der Waals surface area contributed by atoms with Crippen molar-refractivity contribution in [3.63, 3.8) is 0 Å². The highest BCUT2D eigenvalue weighted by Gasteiger charge is 2.38. The lowest BCUT2D eigenvalue weighted by molar-refractivity contribution is -0.122. The van der Waals surface area contributed by atoms with Crippen molar-refractivity contribution in [1.82, 2.24) is 0 Å². The Morgan fingerprint density at radius 1 is 1.40 bits per heavy atom. The maximum atomic E-state index is 10.8. The Morgan fingerprint density at radius 3 is 2.50 bits per heavy atom. The third-order valence-corrected chi connectivity index (χ3v) is 2.64. The minimum atomic E-state index is -0.114. The maximum Gasteiger partial charge on any atom is 0.221 e. The zero-order valence-electron chi connectivity index (χ0n) is 5.79. The monoisotopic (exact) mass is 137 g/mol. The average Bonchev–Trinajstić information content (AvgIpc) is 2.44. The molecule has 0 aromatic carbocycles.